The van der Waals surface area contributed by atoms with E-state index in [2.05, 4.69) is 31.3 Å². The van der Waals surface area contributed by atoms with Crippen molar-refractivity contribution in [2.45, 2.75) is 6.54 Å². The van der Waals surface area contributed by atoms with Gasteiger partial charge in [-0.2, -0.15) is 0 Å². The monoisotopic (exact) mass is 617 g/mol. The summed E-state index contributed by atoms with van der Waals surface area (Å²) < 4.78 is 21.7. The number of carbonyl (C=O) groups excluding carboxylic acids is 4. The van der Waals surface area contributed by atoms with E-state index in [1.54, 1.807) is 36.4 Å². The molecular formula is C26H21BrClN3O8. The molecular weight excluding hydrogens is 598 g/mol. The molecule has 3 aromatic rings. The summed E-state index contributed by atoms with van der Waals surface area (Å²) in [7, 11) is 2.63. The van der Waals surface area contributed by atoms with Gasteiger partial charge in [0.1, 0.15) is 11.5 Å². The summed E-state index contributed by atoms with van der Waals surface area (Å²) in [5.74, 6) is -1.15. The van der Waals surface area contributed by atoms with Crippen molar-refractivity contribution in [2.24, 2.45) is 0 Å². The van der Waals surface area contributed by atoms with E-state index in [1.165, 1.54) is 32.4 Å². The van der Waals surface area contributed by atoms with Crippen LogP contribution in [0.4, 0.5) is 10.5 Å². The van der Waals surface area contributed by atoms with Gasteiger partial charge in [-0.25, -0.2) is 9.59 Å². The molecule has 0 spiro atoms. The van der Waals surface area contributed by atoms with Crippen LogP contribution in [0.15, 0.2) is 63.1 Å². The molecule has 0 bridgehead atoms. The molecule has 13 heteroatoms. The number of carbonyl (C=O) groups is 4. The highest BCUT2D eigenvalue weighted by atomic mass is 79.9. The fraction of sp³-hybridized carbons (Fsp3) is 0.154. The maximum absolute atomic E-state index is 13.0. The molecule has 202 valence electrons. The minimum Gasteiger partial charge on any atom is -0.493 e. The fourth-order valence-electron chi connectivity index (χ4n) is 3.57. The molecule has 1 aliphatic heterocycles. The van der Waals surface area contributed by atoms with E-state index >= 15 is 0 Å². The predicted molar refractivity (Wildman–Crippen MR) is 143 cm³/mol. The molecule has 0 atom stereocenters. The Morgan fingerprint density at radius 1 is 1.13 bits per heavy atom. The van der Waals surface area contributed by atoms with Crippen molar-refractivity contribution in [2.75, 3.05) is 26.1 Å². The smallest absolute Gasteiger partial charge is 0.373 e. The van der Waals surface area contributed by atoms with Gasteiger partial charge in [-0.05, 0) is 54.6 Å². The number of rotatable bonds is 9. The zero-order valence-electron chi connectivity index (χ0n) is 20.6. The van der Waals surface area contributed by atoms with Gasteiger partial charge in [-0.3, -0.25) is 14.5 Å². The lowest BCUT2D eigenvalue weighted by molar-refractivity contribution is -0.123. The fourth-order valence-corrected chi connectivity index (χ4v) is 4.15. The molecule has 1 fully saturated rings. The minimum absolute atomic E-state index is 0.0460. The second-order valence-electron chi connectivity index (χ2n) is 8.01. The Bertz CT molecular complexity index is 1470. The van der Waals surface area contributed by atoms with Gasteiger partial charge < -0.3 is 29.3 Å². The maximum atomic E-state index is 13.0. The zero-order valence-corrected chi connectivity index (χ0v) is 22.9. The first-order chi connectivity index (χ1) is 18.7. The van der Waals surface area contributed by atoms with Gasteiger partial charge >= 0.3 is 12.0 Å². The Kier molecular flexibility index (Phi) is 8.57. The highest BCUT2D eigenvalue weighted by molar-refractivity contribution is 9.10. The van der Waals surface area contributed by atoms with Crippen molar-refractivity contribution in [1.29, 1.82) is 0 Å². The van der Waals surface area contributed by atoms with E-state index in [-0.39, 0.29) is 41.9 Å². The number of ether oxygens (including phenoxy) is 3. The Morgan fingerprint density at radius 2 is 1.87 bits per heavy atom. The van der Waals surface area contributed by atoms with Gasteiger partial charge in [0.2, 0.25) is 5.76 Å². The minimum atomic E-state index is -0.686. The van der Waals surface area contributed by atoms with Crippen molar-refractivity contribution in [3.63, 3.8) is 0 Å². The molecule has 4 rings (SSSR count). The van der Waals surface area contributed by atoms with Gasteiger partial charge in [-0.1, -0.05) is 27.5 Å². The quantitative estimate of drug-likeness (QED) is 0.202. The standard InChI is InChI=1S/C26H21BrClN3O8/c1-36-21-11-15(27)9-14(23(21)38-13-22(32)29-17-5-3-16(28)4-6-17)10-19-24(33)31(26(35)30-19)12-18-7-8-20(39-18)25(34)37-2/h3-11H,12-13H2,1-2H3,(H,29,32)(H,30,35)/b19-10-. The Hall–Kier alpha value is -4.29. The van der Waals surface area contributed by atoms with Crippen LogP contribution in [-0.4, -0.2) is 49.5 Å². The number of nitrogens with zero attached hydrogens (tertiary/aromatic N) is 1. The number of amides is 4. The molecule has 2 N–H and O–H groups in total. The summed E-state index contributed by atoms with van der Waals surface area (Å²) in [5, 5.41) is 5.74. The number of imide groups is 1. The Balaban J connectivity index is 1.53. The first-order valence-corrected chi connectivity index (χ1v) is 12.4. The van der Waals surface area contributed by atoms with Crippen LogP contribution in [0.25, 0.3) is 6.08 Å². The molecule has 0 unspecified atom stereocenters. The topological polar surface area (TPSA) is 136 Å². The SMILES string of the molecule is COC(=O)c1ccc(CN2C(=O)N/C(=C\c3cc(Br)cc(OC)c3OCC(=O)Nc3ccc(Cl)cc3)C2=O)o1. The van der Waals surface area contributed by atoms with E-state index in [0.717, 1.165) is 4.90 Å². The number of hydrogen-bond donors (Lipinski definition) is 2. The second kappa shape index (κ2) is 12.0. The number of anilines is 1. The average molecular weight is 619 g/mol. The molecule has 1 aromatic heterocycles. The summed E-state index contributed by atoms with van der Waals surface area (Å²) >= 11 is 9.26. The van der Waals surface area contributed by atoms with Gasteiger partial charge in [0.15, 0.2) is 18.1 Å². The molecule has 0 saturated carbocycles. The molecule has 1 saturated heterocycles. The van der Waals surface area contributed by atoms with Crippen LogP contribution in [-0.2, 0) is 20.9 Å². The van der Waals surface area contributed by atoms with Crippen molar-refractivity contribution in [3.05, 3.63) is 80.8 Å². The number of nitrogens with one attached hydrogen (secondary N) is 2. The summed E-state index contributed by atoms with van der Waals surface area (Å²) in [5.41, 5.74) is 0.847. The van der Waals surface area contributed by atoms with Crippen LogP contribution in [0, 0.1) is 0 Å². The summed E-state index contributed by atoms with van der Waals surface area (Å²) in [6.07, 6.45) is 1.40. The lowest BCUT2D eigenvalue weighted by Gasteiger charge is -2.15. The van der Waals surface area contributed by atoms with Crippen molar-refractivity contribution in [3.8, 4) is 11.5 Å². The first-order valence-electron chi connectivity index (χ1n) is 11.3. The van der Waals surface area contributed by atoms with Crippen LogP contribution in [0.2, 0.25) is 5.02 Å². The van der Waals surface area contributed by atoms with Crippen LogP contribution < -0.4 is 20.1 Å². The summed E-state index contributed by atoms with van der Waals surface area (Å²) in [6.45, 7) is -0.584. The number of furan rings is 1. The van der Waals surface area contributed by atoms with Crippen LogP contribution in [0.1, 0.15) is 21.9 Å². The van der Waals surface area contributed by atoms with Crippen molar-refractivity contribution >= 4 is 63.1 Å². The Morgan fingerprint density at radius 3 is 2.56 bits per heavy atom. The van der Waals surface area contributed by atoms with Crippen LogP contribution in [0.3, 0.4) is 0 Å². The van der Waals surface area contributed by atoms with E-state index < -0.39 is 23.8 Å². The number of hydrogen-bond acceptors (Lipinski definition) is 8. The number of benzene rings is 2. The molecule has 11 nitrogen and oxygen atoms in total. The van der Waals surface area contributed by atoms with Crippen molar-refractivity contribution in [1.82, 2.24) is 10.2 Å². The normalized spacial score (nSPS) is 13.8. The van der Waals surface area contributed by atoms with E-state index in [0.29, 0.717) is 20.7 Å². The third kappa shape index (κ3) is 6.59. The van der Waals surface area contributed by atoms with Gasteiger partial charge in [-0.15, -0.1) is 0 Å². The zero-order chi connectivity index (χ0) is 28.1. The largest absolute Gasteiger partial charge is 0.493 e. The number of halogens is 2. The lowest BCUT2D eigenvalue weighted by Crippen LogP contribution is -2.30. The highest BCUT2D eigenvalue weighted by Crippen LogP contribution is 2.36. The first kappa shape index (κ1) is 27.7. The van der Waals surface area contributed by atoms with Crippen molar-refractivity contribution < 1.29 is 37.8 Å². The lowest BCUT2D eigenvalue weighted by atomic mass is 10.1. The summed E-state index contributed by atoms with van der Waals surface area (Å²) in [4.78, 5) is 50.6. The molecule has 4 amide bonds. The Labute approximate surface area is 235 Å². The van der Waals surface area contributed by atoms with E-state index in [9.17, 15) is 19.2 Å². The molecule has 2 aromatic carbocycles. The number of urea groups is 1. The molecule has 39 heavy (non-hydrogen) atoms. The van der Waals surface area contributed by atoms with Crippen LogP contribution >= 0.6 is 27.5 Å². The predicted octanol–water partition coefficient (Wildman–Crippen LogP) is 4.60. The molecule has 0 aliphatic carbocycles. The highest BCUT2D eigenvalue weighted by Gasteiger charge is 2.35. The molecule has 1 aliphatic rings. The average Bonchev–Trinajstić information content (AvgIpc) is 3.49. The maximum Gasteiger partial charge on any atom is 0.373 e. The van der Waals surface area contributed by atoms with Crippen LogP contribution in [0.5, 0.6) is 11.5 Å². The molecule has 0 radical (unpaired) electrons. The summed E-state index contributed by atoms with van der Waals surface area (Å²) in [6, 6.07) is 12.0. The van der Waals surface area contributed by atoms with Gasteiger partial charge in [0, 0.05) is 20.7 Å². The molecule has 2 heterocycles. The third-order valence-corrected chi connectivity index (χ3v) is 6.08. The second-order valence-corrected chi connectivity index (χ2v) is 9.36. The van der Waals surface area contributed by atoms with E-state index in [1.807, 2.05) is 0 Å². The number of esters is 1. The van der Waals surface area contributed by atoms with Gasteiger partial charge in [0.25, 0.3) is 11.8 Å². The number of methoxy groups -OCH3 is 2. The van der Waals surface area contributed by atoms with Gasteiger partial charge in [0.05, 0.1) is 20.8 Å². The van der Waals surface area contributed by atoms with E-state index in [4.69, 9.17) is 25.5 Å². The third-order valence-electron chi connectivity index (χ3n) is 5.37.